The molecule has 0 saturated carbocycles. The lowest BCUT2D eigenvalue weighted by Crippen LogP contribution is -2.23. The van der Waals surface area contributed by atoms with Crippen molar-refractivity contribution in [1.82, 2.24) is 14.9 Å². The molecule has 1 heterocycles. The third-order valence-electron chi connectivity index (χ3n) is 2.77. The van der Waals surface area contributed by atoms with Crippen molar-refractivity contribution in [3.63, 3.8) is 0 Å². The highest BCUT2D eigenvalue weighted by Gasteiger charge is 2.15. The van der Waals surface area contributed by atoms with Crippen LogP contribution in [-0.4, -0.2) is 18.6 Å². The maximum atomic E-state index is 12.1. The molecule has 2 aromatic rings. The van der Waals surface area contributed by atoms with Crippen LogP contribution in [0.4, 0.5) is 5.69 Å². The fourth-order valence-electron chi connectivity index (χ4n) is 1.74. The molecule has 0 radical (unpaired) electrons. The summed E-state index contributed by atoms with van der Waals surface area (Å²) in [6.45, 7) is 3.83. The first-order chi connectivity index (χ1) is 8.88. The molecule has 19 heavy (non-hydrogen) atoms. The van der Waals surface area contributed by atoms with E-state index in [0.717, 1.165) is 16.8 Å². The molecule has 0 aliphatic rings. The van der Waals surface area contributed by atoms with Gasteiger partial charge in [0.1, 0.15) is 0 Å². The number of nitrogens with two attached hydrogens (primary N) is 1. The Bertz CT molecular complexity index is 671. The Morgan fingerprint density at radius 1 is 1.32 bits per heavy atom. The molecule has 0 aliphatic carbocycles. The van der Waals surface area contributed by atoms with Gasteiger partial charge in [-0.3, -0.25) is 5.10 Å². The molecule has 0 unspecified atom stereocenters. The summed E-state index contributed by atoms with van der Waals surface area (Å²) < 4.78 is 26.8. The second-order valence-electron chi connectivity index (χ2n) is 4.42. The number of hydrogen-bond donors (Lipinski definition) is 3. The normalized spacial score (nSPS) is 11.7. The predicted molar refractivity (Wildman–Crippen MR) is 72.9 cm³/mol. The topological polar surface area (TPSA) is 101 Å². The number of sulfonamides is 1. The van der Waals surface area contributed by atoms with Gasteiger partial charge < -0.3 is 5.73 Å². The van der Waals surface area contributed by atoms with Crippen molar-refractivity contribution < 1.29 is 8.42 Å². The Morgan fingerprint density at radius 2 is 2.05 bits per heavy atom. The second-order valence-corrected chi connectivity index (χ2v) is 6.19. The number of anilines is 1. The van der Waals surface area contributed by atoms with Crippen LogP contribution in [0.1, 0.15) is 16.8 Å². The lowest BCUT2D eigenvalue weighted by molar-refractivity contribution is 0.581. The molecule has 0 amide bonds. The molecule has 6 nitrogen and oxygen atoms in total. The Morgan fingerprint density at radius 3 is 2.63 bits per heavy atom. The third kappa shape index (κ3) is 3.12. The minimum Gasteiger partial charge on any atom is -0.399 e. The van der Waals surface area contributed by atoms with Crippen molar-refractivity contribution in [2.24, 2.45) is 0 Å². The summed E-state index contributed by atoms with van der Waals surface area (Å²) >= 11 is 0. The zero-order chi connectivity index (χ0) is 14.0. The van der Waals surface area contributed by atoms with E-state index in [1.54, 1.807) is 25.3 Å². The summed E-state index contributed by atoms with van der Waals surface area (Å²) in [5, 5.41) is 6.60. The molecule has 0 atom stereocenters. The van der Waals surface area contributed by atoms with Crippen molar-refractivity contribution in [1.29, 1.82) is 0 Å². The minimum atomic E-state index is -3.57. The van der Waals surface area contributed by atoms with Gasteiger partial charge in [0.2, 0.25) is 10.0 Å². The molecular formula is C12H16N4O2S. The number of benzene rings is 1. The monoisotopic (exact) mass is 280 g/mol. The predicted octanol–water partition coefficient (Wildman–Crippen LogP) is 1.09. The minimum absolute atomic E-state index is 0.172. The van der Waals surface area contributed by atoms with Gasteiger partial charge in [0, 0.05) is 23.5 Å². The SMILES string of the molecule is Cc1cc(N)cc(S(=O)(=O)NCc2cn[nH]c2C)c1. The molecule has 4 N–H and O–H groups in total. The molecule has 7 heteroatoms. The van der Waals surface area contributed by atoms with Gasteiger partial charge in [-0.25, -0.2) is 13.1 Å². The van der Waals surface area contributed by atoms with Gasteiger partial charge in [-0.2, -0.15) is 5.10 Å². The van der Waals surface area contributed by atoms with Crippen molar-refractivity contribution in [3.05, 3.63) is 41.2 Å². The summed E-state index contributed by atoms with van der Waals surface area (Å²) in [5.74, 6) is 0. The number of nitrogen functional groups attached to an aromatic ring is 1. The highest BCUT2D eigenvalue weighted by molar-refractivity contribution is 7.89. The lowest BCUT2D eigenvalue weighted by Gasteiger charge is -2.08. The number of aromatic nitrogens is 2. The molecule has 0 aliphatic heterocycles. The quantitative estimate of drug-likeness (QED) is 0.730. The van der Waals surface area contributed by atoms with Crippen LogP contribution >= 0.6 is 0 Å². The molecule has 0 spiro atoms. The summed E-state index contributed by atoms with van der Waals surface area (Å²) in [7, 11) is -3.57. The second kappa shape index (κ2) is 5.02. The first-order valence-corrected chi connectivity index (χ1v) is 7.22. The van der Waals surface area contributed by atoms with E-state index in [4.69, 9.17) is 5.73 Å². The van der Waals surface area contributed by atoms with Gasteiger partial charge in [-0.1, -0.05) is 0 Å². The fraction of sp³-hybridized carbons (Fsp3) is 0.250. The van der Waals surface area contributed by atoms with E-state index in [1.165, 1.54) is 6.07 Å². The van der Waals surface area contributed by atoms with Gasteiger partial charge in [-0.15, -0.1) is 0 Å². The standard InChI is InChI=1S/C12H16N4O2S/c1-8-3-11(13)5-12(4-8)19(17,18)15-7-10-6-14-16-9(10)2/h3-6,15H,7,13H2,1-2H3,(H,14,16). The molecule has 102 valence electrons. The molecule has 2 rings (SSSR count). The average Bonchev–Trinajstić information content (AvgIpc) is 2.71. The fourth-order valence-corrected chi connectivity index (χ4v) is 2.89. The number of H-pyrrole nitrogens is 1. The number of aromatic amines is 1. The summed E-state index contributed by atoms with van der Waals surface area (Å²) in [4.78, 5) is 0.172. The van der Waals surface area contributed by atoms with Crippen LogP contribution in [0, 0.1) is 13.8 Å². The number of hydrogen-bond acceptors (Lipinski definition) is 4. The van der Waals surface area contributed by atoms with Gasteiger partial charge in [0.05, 0.1) is 11.1 Å². The summed E-state index contributed by atoms with van der Waals surface area (Å²) in [5.41, 5.74) is 8.55. The van der Waals surface area contributed by atoms with E-state index in [0.29, 0.717) is 5.69 Å². The van der Waals surface area contributed by atoms with Crippen molar-refractivity contribution >= 4 is 15.7 Å². The van der Waals surface area contributed by atoms with Gasteiger partial charge in [-0.05, 0) is 37.6 Å². The van der Waals surface area contributed by atoms with Gasteiger partial charge in [0.25, 0.3) is 0 Å². The molecule has 0 bridgehead atoms. The zero-order valence-electron chi connectivity index (χ0n) is 10.8. The van der Waals surface area contributed by atoms with E-state index in [1.807, 2.05) is 6.92 Å². The largest absolute Gasteiger partial charge is 0.399 e. The van der Waals surface area contributed by atoms with Gasteiger partial charge >= 0.3 is 0 Å². The Hall–Kier alpha value is -1.86. The highest BCUT2D eigenvalue weighted by atomic mass is 32.2. The first-order valence-electron chi connectivity index (χ1n) is 5.74. The van der Waals surface area contributed by atoms with Crippen molar-refractivity contribution in [2.75, 3.05) is 5.73 Å². The van der Waals surface area contributed by atoms with Crippen LogP contribution in [-0.2, 0) is 16.6 Å². The van der Waals surface area contributed by atoms with E-state index in [9.17, 15) is 8.42 Å². The Kier molecular flexibility index (Phi) is 3.59. The van der Waals surface area contributed by atoms with E-state index in [2.05, 4.69) is 14.9 Å². The molecule has 0 fully saturated rings. The van der Waals surface area contributed by atoms with Crippen LogP contribution in [0.5, 0.6) is 0 Å². The van der Waals surface area contributed by atoms with E-state index < -0.39 is 10.0 Å². The van der Waals surface area contributed by atoms with Gasteiger partial charge in [0.15, 0.2) is 0 Å². The van der Waals surface area contributed by atoms with Crippen LogP contribution in [0.25, 0.3) is 0 Å². The van der Waals surface area contributed by atoms with Crippen LogP contribution in [0.2, 0.25) is 0 Å². The van der Waals surface area contributed by atoms with E-state index >= 15 is 0 Å². The first kappa shape index (κ1) is 13.6. The maximum absolute atomic E-state index is 12.1. The number of nitrogens with one attached hydrogen (secondary N) is 2. The molecule has 1 aromatic carbocycles. The Balaban J connectivity index is 2.21. The summed E-state index contributed by atoms with van der Waals surface area (Å²) in [6.07, 6.45) is 1.60. The lowest BCUT2D eigenvalue weighted by atomic mass is 10.2. The summed E-state index contributed by atoms with van der Waals surface area (Å²) in [6, 6.07) is 4.75. The van der Waals surface area contributed by atoms with Crippen molar-refractivity contribution in [2.45, 2.75) is 25.3 Å². The molecule has 1 aromatic heterocycles. The van der Waals surface area contributed by atoms with Crippen LogP contribution in [0.15, 0.2) is 29.3 Å². The van der Waals surface area contributed by atoms with Crippen LogP contribution in [0.3, 0.4) is 0 Å². The maximum Gasteiger partial charge on any atom is 0.240 e. The highest BCUT2D eigenvalue weighted by Crippen LogP contribution is 2.16. The van der Waals surface area contributed by atoms with E-state index in [-0.39, 0.29) is 11.4 Å². The van der Waals surface area contributed by atoms with Crippen LogP contribution < -0.4 is 10.5 Å². The molecule has 0 saturated heterocycles. The number of nitrogens with zero attached hydrogens (tertiary/aromatic N) is 1. The average molecular weight is 280 g/mol. The number of aryl methyl sites for hydroxylation is 2. The Labute approximate surface area is 112 Å². The number of rotatable bonds is 4. The zero-order valence-corrected chi connectivity index (χ0v) is 11.6. The third-order valence-corrected chi connectivity index (χ3v) is 4.15. The molecular weight excluding hydrogens is 264 g/mol. The van der Waals surface area contributed by atoms with Crippen molar-refractivity contribution in [3.8, 4) is 0 Å². The smallest absolute Gasteiger partial charge is 0.240 e.